The highest BCUT2D eigenvalue weighted by molar-refractivity contribution is 7.89. The number of amides is 2. The van der Waals surface area contributed by atoms with E-state index in [4.69, 9.17) is 4.74 Å². The van der Waals surface area contributed by atoms with Gasteiger partial charge in [-0.05, 0) is 41.5 Å². The predicted octanol–water partition coefficient (Wildman–Crippen LogP) is 3.01. The lowest BCUT2D eigenvalue weighted by Crippen LogP contribution is -2.48. The van der Waals surface area contributed by atoms with Crippen LogP contribution in [0.1, 0.15) is 6.42 Å². The Morgan fingerprint density at radius 1 is 1.09 bits per heavy atom. The van der Waals surface area contributed by atoms with Crippen LogP contribution in [-0.4, -0.2) is 68.0 Å². The van der Waals surface area contributed by atoms with Gasteiger partial charge >= 0.3 is 0 Å². The summed E-state index contributed by atoms with van der Waals surface area (Å²) in [5, 5.41) is 4.15. The summed E-state index contributed by atoms with van der Waals surface area (Å²) in [7, 11) is -0.975. The van der Waals surface area contributed by atoms with Crippen molar-refractivity contribution in [1.29, 1.82) is 0 Å². The maximum atomic E-state index is 13.5. The van der Waals surface area contributed by atoms with Crippen molar-refractivity contribution < 1.29 is 22.7 Å². The third-order valence-electron chi connectivity index (χ3n) is 5.98. The van der Waals surface area contributed by atoms with E-state index in [1.54, 1.807) is 42.5 Å². The number of fused-ring (bicyclic) bond motifs is 1. The highest BCUT2D eigenvalue weighted by atomic mass is 32.2. The first-order valence-corrected chi connectivity index (χ1v) is 13.0. The van der Waals surface area contributed by atoms with Crippen LogP contribution in [0, 0.1) is 0 Å². The van der Waals surface area contributed by atoms with Crippen LogP contribution in [-0.2, 0) is 19.6 Å². The molecule has 0 unspecified atom stereocenters. The SMILES string of the molecule is COc1ccccc1NC(=O)CN(C)C(=O)[C@@H]1C[C@@H](S)CN1S(=O)(=O)c1ccc2ccccc2c1. The number of ether oxygens (including phenoxy) is 1. The number of carbonyl (C=O) groups excluding carboxylic acids is 2. The number of methoxy groups -OCH3 is 1. The first kappa shape index (κ1) is 25.0. The van der Waals surface area contributed by atoms with Gasteiger partial charge in [-0.15, -0.1) is 0 Å². The molecule has 1 N–H and O–H groups in total. The van der Waals surface area contributed by atoms with Crippen molar-refractivity contribution in [2.24, 2.45) is 0 Å². The summed E-state index contributed by atoms with van der Waals surface area (Å²) in [6.07, 6.45) is 0.257. The molecule has 184 valence electrons. The van der Waals surface area contributed by atoms with E-state index in [1.807, 2.05) is 24.3 Å². The molecule has 3 aromatic carbocycles. The van der Waals surface area contributed by atoms with Crippen molar-refractivity contribution in [2.75, 3.05) is 32.6 Å². The molecular formula is C25H27N3O5S2. The minimum absolute atomic E-state index is 0.107. The van der Waals surface area contributed by atoms with Crippen LogP contribution < -0.4 is 10.1 Å². The van der Waals surface area contributed by atoms with Gasteiger partial charge in [0.1, 0.15) is 11.8 Å². The van der Waals surface area contributed by atoms with E-state index in [2.05, 4.69) is 17.9 Å². The summed E-state index contributed by atoms with van der Waals surface area (Å²) >= 11 is 4.47. The summed E-state index contributed by atoms with van der Waals surface area (Å²) in [6.45, 7) is -0.135. The molecule has 4 rings (SSSR count). The number of thiol groups is 1. The van der Waals surface area contributed by atoms with Gasteiger partial charge in [0.15, 0.2) is 0 Å². The second-order valence-electron chi connectivity index (χ2n) is 8.43. The van der Waals surface area contributed by atoms with Crippen molar-refractivity contribution in [3.63, 3.8) is 0 Å². The van der Waals surface area contributed by atoms with Gasteiger partial charge in [-0.1, -0.05) is 42.5 Å². The maximum Gasteiger partial charge on any atom is 0.244 e. The smallest absolute Gasteiger partial charge is 0.244 e. The van der Waals surface area contributed by atoms with Crippen molar-refractivity contribution in [3.05, 3.63) is 66.7 Å². The zero-order chi connectivity index (χ0) is 25.2. The van der Waals surface area contributed by atoms with Crippen molar-refractivity contribution in [1.82, 2.24) is 9.21 Å². The first-order chi connectivity index (χ1) is 16.7. The molecule has 1 aliphatic rings. The van der Waals surface area contributed by atoms with E-state index in [9.17, 15) is 18.0 Å². The molecule has 1 heterocycles. The molecule has 2 amide bonds. The Bertz CT molecular complexity index is 1360. The van der Waals surface area contributed by atoms with Crippen LogP contribution in [0.4, 0.5) is 5.69 Å². The zero-order valence-electron chi connectivity index (χ0n) is 19.4. The number of carbonyl (C=O) groups is 2. The molecule has 1 saturated heterocycles. The molecular weight excluding hydrogens is 486 g/mol. The summed E-state index contributed by atoms with van der Waals surface area (Å²) in [5.74, 6) is -0.382. The van der Waals surface area contributed by atoms with E-state index in [-0.39, 0.29) is 29.7 Å². The van der Waals surface area contributed by atoms with Gasteiger partial charge in [0.2, 0.25) is 21.8 Å². The molecule has 3 aromatic rings. The molecule has 0 aromatic heterocycles. The van der Waals surface area contributed by atoms with E-state index in [1.165, 1.54) is 23.4 Å². The number of anilines is 1. The number of para-hydroxylation sites is 2. The van der Waals surface area contributed by atoms with Crippen molar-refractivity contribution in [3.8, 4) is 5.75 Å². The molecule has 0 spiro atoms. The summed E-state index contributed by atoms with van der Waals surface area (Å²) < 4.78 is 33.5. The van der Waals surface area contributed by atoms with Crippen LogP contribution >= 0.6 is 12.6 Å². The van der Waals surface area contributed by atoms with Gasteiger partial charge in [0, 0.05) is 18.8 Å². The second kappa shape index (κ2) is 10.3. The molecule has 0 aliphatic carbocycles. The monoisotopic (exact) mass is 513 g/mol. The third-order valence-corrected chi connectivity index (χ3v) is 8.23. The van der Waals surface area contributed by atoms with E-state index in [0.717, 1.165) is 10.8 Å². The number of nitrogens with zero attached hydrogens (tertiary/aromatic N) is 2. The Hall–Kier alpha value is -3.08. The highest BCUT2D eigenvalue weighted by Crippen LogP contribution is 2.31. The van der Waals surface area contributed by atoms with Crippen LogP contribution in [0.2, 0.25) is 0 Å². The molecule has 1 aliphatic heterocycles. The summed E-state index contributed by atoms with van der Waals surface area (Å²) in [5.41, 5.74) is 0.484. The van der Waals surface area contributed by atoms with Gasteiger partial charge in [0.05, 0.1) is 24.2 Å². The fourth-order valence-corrected chi connectivity index (χ4v) is 6.38. The Kier molecular flexibility index (Phi) is 7.34. The van der Waals surface area contributed by atoms with E-state index in [0.29, 0.717) is 11.4 Å². The Morgan fingerprint density at radius 3 is 2.51 bits per heavy atom. The number of hydrogen-bond acceptors (Lipinski definition) is 6. The summed E-state index contributed by atoms with van der Waals surface area (Å²) in [6, 6.07) is 18.4. The van der Waals surface area contributed by atoms with Crippen LogP contribution in [0.15, 0.2) is 71.6 Å². The number of likely N-dealkylation sites (N-methyl/N-ethyl adjacent to an activating group) is 1. The van der Waals surface area contributed by atoms with E-state index >= 15 is 0 Å². The molecule has 1 fully saturated rings. The molecule has 8 nitrogen and oxygen atoms in total. The standard InChI is InChI=1S/C25H27N3O5S2/c1-27(16-24(29)26-21-9-5-6-10-23(21)33-2)25(30)22-14-19(34)15-28(22)35(31,32)20-12-11-17-7-3-4-8-18(17)13-20/h3-13,19,22,34H,14-16H2,1-2H3,(H,26,29)/t19-,22+/m1/s1. The normalized spacial score (nSPS) is 18.4. The number of nitrogens with one attached hydrogen (secondary N) is 1. The lowest BCUT2D eigenvalue weighted by molar-refractivity contribution is -0.136. The number of rotatable bonds is 7. The van der Waals surface area contributed by atoms with E-state index < -0.39 is 27.9 Å². The Balaban J connectivity index is 1.51. The molecule has 10 heteroatoms. The second-order valence-corrected chi connectivity index (χ2v) is 11.1. The zero-order valence-corrected chi connectivity index (χ0v) is 21.1. The Labute approximate surface area is 210 Å². The number of benzene rings is 3. The molecule has 0 bridgehead atoms. The topological polar surface area (TPSA) is 96.0 Å². The van der Waals surface area contributed by atoms with Crippen molar-refractivity contribution >= 4 is 50.9 Å². The number of sulfonamides is 1. The molecule has 0 saturated carbocycles. The average Bonchev–Trinajstić information content (AvgIpc) is 3.25. The van der Waals surface area contributed by atoms with Gasteiger partial charge in [0.25, 0.3) is 0 Å². The fourth-order valence-electron chi connectivity index (χ4n) is 4.22. The van der Waals surface area contributed by atoms with Crippen LogP contribution in [0.25, 0.3) is 10.8 Å². The van der Waals surface area contributed by atoms with Crippen molar-refractivity contribution in [2.45, 2.75) is 22.6 Å². The Morgan fingerprint density at radius 2 is 1.77 bits per heavy atom. The average molecular weight is 514 g/mol. The molecule has 35 heavy (non-hydrogen) atoms. The number of hydrogen-bond donors (Lipinski definition) is 2. The molecule has 0 radical (unpaired) electrons. The van der Waals surface area contributed by atoms with Gasteiger partial charge in [-0.2, -0.15) is 16.9 Å². The first-order valence-electron chi connectivity index (χ1n) is 11.1. The minimum Gasteiger partial charge on any atom is -0.495 e. The lowest BCUT2D eigenvalue weighted by Gasteiger charge is -2.27. The third kappa shape index (κ3) is 5.29. The lowest BCUT2D eigenvalue weighted by atomic mass is 10.1. The predicted molar refractivity (Wildman–Crippen MR) is 138 cm³/mol. The quantitative estimate of drug-likeness (QED) is 0.474. The highest BCUT2D eigenvalue weighted by Gasteiger charge is 2.44. The van der Waals surface area contributed by atoms with Crippen LogP contribution in [0.5, 0.6) is 5.75 Å². The molecule has 2 atom stereocenters. The maximum absolute atomic E-state index is 13.5. The van der Waals surface area contributed by atoms with Gasteiger partial charge < -0.3 is 15.0 Å². The van der Waals surface area contributed by atoms with Crippen LogP contribution in [0.3, 0.4) is 0 Å². The van der Waals surface area contributed by atoms with Gasteiger partial charge in [-0.3, -0.25) is 9.59 Å². The summed E-state index contributed by atoms with van der Waals surface area (Å²) in [4.78, 5) is 27.2. The largest absolute Gasteiger partial charge is 0.495 e. The minimum atomic E-state index is -3.96. The van der Waals surface area contributed by atoms with Gasteiger partial charge in [-0.25, -0.2) is 8.42 Å². The fraction of sp³-hybridized carbons (Fsp3) is 0.280.